The molecule has 3 heteroatoms. The molecule has 0 saturated carbocycles. The summed E-state index contributed by atoms with van der Waals surface area (Å²) < 4.78 is 0. The van der Waals surface area contributed by atoms with Crippen molar-refractivity contribution in [2.24, 2.45) is 11.7 Å². The Balaban J connectivity index is 2.54. The van der Waals surface area contributed by atoms with E-state index in [0.29, 0.717) is 6.54 Å². The molecule has 0 rings (SSSR count). The van der Waals surface area contributed by atoms with Crippen molar-refractivity contribution < 1.29 is 0 Å². The first-order chi connectivity index (χ1) is 2.27. The topological polar surface area (TPSA) is 55.3 Å². The van der Waals surface area contributed by atoms with Crippen molar-refractivity contribution in [3.8, 4) is 0 Å². The Labute approximate surface area is 31.5 Å². The second kappa shape index (κ2) is 2.14. The maximum absolute atomic E-state index is 4.84. The zero-order valence-electron chi connectivity index (χ0n) is 3.02. The fourth-order valence-electron chi connectivity index (χ4n) is 0. The second-order valence-corrected chi connectivity index (χ2v) is 0.738. The molecule has 0 fully saturated rings. The third kappa shape index (κ3) is 3.88. The third-order valence-corrected chi connectivity index (χ3v) is 0.258. The number of hydrazine groups is 2. The third-order valence-electron chi connectivity index (χ3n) is 0.258. The lowest BCUT2D eigenvalue weighted by molar-refractivity contribution is 0.327. The molecule has 0 aromatic heterocycles. The van der Waals surface area contributed by atoms with Gasteiger partial charge in [0.05, 0.1) is 0 Å². The number of rotatable bonds is 1. The van der Waals surface area contributed by atoms with Crippen LogP contribution in [-0.2, 0) is 0 Å². The molecule has 0 unspecified atom stereocenters. The summed E-state index contributed by atoms with van der Waals surface area (Å²) in [4.78, 5) is 0. The molecule has 0 aromatic carbocycles. The molecule has 5 heavy (non-hydrogen) atoms. The van der Waals surface area contributed by atoms with Gasteiger partial charge in [-0.3, -0.25) is 11.7 Å². The fourth-order valence-corrected chi connectivity index (χ4v) is 0. The summed E-state index contributed by atoms with van der Waals surface area (Å²) in [6.07, 6.45) is 0. The van der Waals surface area contributed by atoms with Crippen molar-refractivity contribution in [2.45, 2.75) is 0 Å². The van der Waals surface area contributed by atoms with E-state index in [2.05, 4.69) is 6.92 Å². The number of hydrogen-bond donors (Lipinski definition) is 2. The predicted octanol–water partition coefficient (Wildman–Crippen LogP) is -1.13. The van der Waals surface area contributed by atoms with Crippen LogP contribution in [0.1, 0.15) is 0 Å². The SMILES string of the molecule is [CH2]CN(N)N. The van der Waals surface area contributed by atoms with E-state index >= 15 is 0 Å². The molecule has 1 radical (unpaired) electrons. The molecule has 0 aromatic rings. The van der Waals surface area contributed by atoms with E-state index in [1.165, 1.54) is 0 Å². The lowest BCUT2D eigenvalue weighted by Gasteiger charge is -1.99. The molecule has 31 valence electrons. The summed E-state index contributed by atoms with van der Waals surface area (Å²) in [5.41, 5.74) is 0. The first-order valence-corrected chi connectivity index (χ1v) is 1.33. The summed E-state index contributed by atoms with van der Waals surface area (Å²) >= 11 is 0. The molecule has 4 N–H and O–H groups in total. The minimum absolute atomic E-state index is 0.444. The van der Waals surface area contributed by atoms with Crippen LogP contribution in [0, 0.1) is 6.92 Å². The molecule has 0 amide bonds. The van der Waals surface area contributed by atoms with Gasteiger partial charge in [0.2, 0.25) is 0 Å². The standard InChI is InChI=1S/C2H8N3/c1-2-5(3)4/h1-4H2. The lowest BCUT2D eigenvalue weighted by Crippen LogP contribution is -2.37. The molecule has 0 heterocycles. The molecular formula is C2H8N3. The Morgan fingerprint density at radius 1 is 1.60 bits per heavy atom. The summed E-state index contributed by atoms with van der Waals surface area (Å²) in [5, 5.41) is 1.01. The molecule has 0 aliphatic rings. The van der Waals surface area contributed by atoms with Crippen molar-refractivity contribution >= 4 is 0 Å². The molecule has 3 nitrogen and oxygen atoms in total. The Kier molecular flexibility index (Phi) is 2.09. The van der Waals surface area contributed by atoms with Gasteiger partial charge in [-0.25, -0.2) is 0 Å². The van der Waals surface area contributed by atoms with Gasteiger partial charge in [-0.2, -0.15) is 5.12 Å². The summed E-state index contributed by atoms with van der Waals surface area (Å²) in [7, 11) is 0. The first-order valence-electron chi connectivity index (χ1n) is 1.33. The number of nitrogens with zero attached hydrogens (tertiary/aromatic N) is 1. The van der Waals surface area contributed by atoms with Crippen LogP contribution >= 0.6 is 0 Å². The minimum Gasteiger partial charge on any atom is -0.255 e. The van der Waals surface area contributed by atoms with Gasteiger partial charge in [0.25, 0.3) is 0 Å². The monoisotopic (exact) mass is 74.1 g/mol. The highest BCUT2D eigenvalue weighted by atomic mass is 15.6. The van der Waals surface area contributed by atoms with Crippen LogP contribution in [0.5, 0.6) is 0 Å². The van der Waals surface area contributed by atoms with Gasteiger partial charge in [0.15, 0.2) is 0 Å². The maximum atomic E-state index is 4.84. The van der Waals surface area contributed by atoms with Gasteiger partial charge in [-0.15, -0.1) is 0 Å². The van der Waals surface area contributed by atoms with E-state index in [1.807, 2.05) is 0 Å². The Morgan fingerprint density at radius 3 is 1.80 bits per heavy atom. The molecule has 0 aliphatic heterocycles. The molecule has 0 saturated heterocycles. The number of hydrogen-bond acceptors (Lipinski definition) is 3. The van der Waals surface area contributed by atoms with Crippen LogP contribution in [-0.4, -0.2) is 11.7 Å². The Morgan fingerprint density at radius 2 is 1.80 bits per heavy atom. The van der Waals surface area contributed by atoms with Crippen molar-refractivity contribution in [3.05, 3.63) is 6.92 Å². The summed E-state index contributed by atoms with van der Waals surface area (Å²) in [6, 6.07) is 0. The van der Waals surface area contributed by atoms with Gasteiger partial charge in [-0.05, 0) is 6.92 Å². The van der Waals surface area contributed by atoms with Crippen molar-refractivity contribution in [3.63, 3.8) is 0 Å². The quantitative estimate of drug-likeness (QED) is 0.305. The van der Waals surface area contributed by atoms with E-state index in [9.17, 15) is 0 Å². The zero-order chi connectivity index (χ0) is 4.28. The smallest absolute Gasteiger partial charge is 0.0283 e. The molecule has 0 bridgehead atoms. The normalized spacial score (nSPS) is 9.60. The van der Waals surface area contributed by atoms with Crippen LogP contribution in [0.2, 0.25) is 0 Å². The maximum Gasteiger partial charge on any atom is 0.0283 e. The Bertz CT molecular complexity index is 18.9. The van der Waals surface area contributed by atoms with Crippen LogP contribution in [0.25, 0.3) is 0 Å². The minimum atomic E-state index is 0.444. The molecular weight excluding hydrogens is 66.0 g/mol. The predicted molar refractivity (Wildman–Crippen MR) is 20.4 cm³/mol. The van der Waals surface area contributed by atoms with Crippen molar-refractivity contribution in [1.82, 2.24) is 5.12 Å². The van der Waals surface area contributed by atoms with E-state index in [-0.39, 0.29) is 0 Å². The van der Waals surface area contributed by atoms with E-state index in [0.717, 1.165) is 5.12 Å². The average Bonchev–Trinajstić information content (AvgIpc) is 1.38. The number of nitrogens with two attached hydrogens (primary N) is 2. The van der Waals surface area contributed by atoms with Gasteiger partial charge in [-0.1, -0.05) is 0 Å². The first kappa shape index (κ1) is 4.88. The van der Waals surface area contributed by atoms with Crippen LogP contribution < -0.4 is 11.7 Å². The molecule has 0 aliphatic carbocycles. The van der Waals surface area contributed by atoms with Gasteiger partial charge >= 0.3 is 0 Å². The van der Waals surface area contributed by atoms with Crippen LogP contribution in [0.15, 0.2) is 0 Å². The highest BCUT2D eigenvalue weighted by Gasteiger charge is 1.72. The van der Waals surface area contributed by atoms with Crippen molar-refractivity contribution in [2.75, 3.05) is 6.54 Å². The second-order valence-electron chi connectivity index (χ2n) is 0.738. The fraction of sp³-hybridized carbons (Fsp3) is 0.500. The van der Waals surface area contributed by atoms with Gasteiger partial charge < -0.3 is 0 Å². The highest BCUT2D eigenvalue weighted by Crippen LogP contribution is 1.49. The van der Waals surface area contributed by atoms with E-state index < -0.39 is 0 Å². The summed E-state index contributed by atoms with van der Waals surface area (Å²) in [6.45, 7) is 3.81. The van der Waals surface area contributed by atoms with Gasteiger partial charge in [0.1, 0.15) is 0 Å². The van der Waals surface area contributed by atoms with Crippen molar-refractivity contribution in [1.29, 1.82) is 0 Å². The lowest BCUT2D eigenvalue weighted by atomic mass is 10.8. The van der Waals surface area contributed by atoms with Crippen LogP contribution in [0.4, 0.5) is 0 Å². The summed E-state index contributed by atoms with van der Waals surface area (Å²) in [5.74, 6) is 9.68. The highest BCUT2D eigenvalue weighted by molar-refractivity contribution is 4.33. The molecule has 0 spiro atoms. The average molecular weight is 74.1 g/mol. The largest absolute Gasteiger partial charge is 0.255 e. The molecule has 0 atom stereocenters. The van der Waals surface area contributed by atoms with E-state index in [1.54, 1.807) is 0 Å². The zero-order valence-corrected chi connectivity index (χ0v) is 3.02. The van der Waals surface area contributed by atoms with E-state index in [4.69, 9.17) is 11.7 Å². The Hall–Kier alpha value is -0.120. The van der Waals surface area contributed by atoms with Gasteiger partial charge in [0, 0.05) is 6.54 Å². The van der Waals surface area contributed by atoms with Crippen LogP contribution in [0.3, 0.4) is 0 Å².